The molecular weight excluding hydrogens is 314 g/mol. The summed E-state index contributed by atoms with van der Waals surface area (Å²) in [5.74, 6) is 0.571. The minimum Gasteiger partial charge on any atom is -0.451 e. The van der Waals surface area contributed by atoms with Crippen molar-refractivity contribution < 1.29 is 4.42 Å². The zero-order chi connectivity index (χ0) is 17.6. The first kappa shape index (κ1) is 15.6. The molecule has 128 valence electrons. The van der Waals surface area contributed by atoms with Gasteiger partial charge in [0, 0.05) is 23.9 Å². The van der Waals surface area contributed by atoms with Crippen LogP contribution in [0.15, 0.2) is 41.6 Å². The van der Waals surface area contributed by atoms with Crippen LogP contribution in [0.25, 0.3) is 11.3 Å². The summed E-state index contributed by atoms with van der Waals surface area (Å²) in [6.07, 6.45) is 5.57. The van der Waals surface area contributed by atoms with Crippen molar-refractivity contribution in [1.82, 2.24) is 15.0 Å². The number of aromatic nitrogens is 3. The van der Waals surface area contributed by atoms with E-state index in [2.05, 4.69) is 58.9 Å². The SMILES string of the molecule is CN(Cc1cocn1)c1cccc2c1CC(C)(C)c1c(N)ncnc1-2. The molecule has 0 fully saturated rings. The number of hydrogen-bond donors (Lipinski definition) is 1. The third kappa shape index (κ3) is 2.54. The average Bonchev–Trinajstić information content (AvgIpc) is 3.06. The summed E-state index contributed by atoms with van der Waals surface area (Å²) >= 11 is 0. The molecule has 1 aliphatic rings. The van der Waals surface area contributed by atoms with E-state index >= 15 is 0 Å². The Labute approximate surface area is 146 Å². The minimum absolute atomic E-state index is 0.126. The van der Waals surface area contributed by atoms with Crippen molar-refractivity contribution >= 4 is 11.5 Å². The Hall–Kier alpha value is -2.89. The van der Waals surface area contributed by atoms with Gasteiger partial charge in [0.15, 0.2) is 6.39 Å². The van der Waals surface area contributed by atoms with Crippen molar-refractivity contribution in [3.63, 3.8) is 0 Å². The first-order valence-corrected chi connectivity index (χ1v) is 8.29. The van der Waals surface area contributed by atoms with Gasteiger partial charge in [0.1, 0.15) is 18.4 Å². The van der Waals surface area contributed by atoms with Gasteiger partial charge < -0.3 is 15.1 Å². The molecule has 6 nitrogen and oxygen atoms in total. The second kappa shape index (κ2) is 5.58. The van der Waals surface area contributed by atoms with Gasteiger partial charge in [-0.1, -0.05) is 26.0 Å². The standard InChI is InChI=1S/C19H21N5O/c1-19(2)7-14-13(17-16(19)18(20)22-10-21-17)5-4-6-15(14)24(3)8-12-9-25-11-23-12/h4-6,9-11H,7-8H2,1-3H3,(H2,20,21,22). The summed E-state index contributed by atoms with van der Waals surface area (Å²) in [6, 6.07) is 6.32. The van der Waals surface area contributed by atoms with Crippen LogP contribution in [0, 0.1) is 0 Å². The predicted molar refractivity (Wildman–Crippen MR) is 97.2 cm³/mol. The van der Waals surface area contributed by atoms with Crippen LogP contribution in [0.4, 0.5) is 11.5 Å². The van der Waals surface area contributed by atoms with E-state index < -0.39 is 0 Å². The molecule has 0 bridgehead atoms. The highest BCUT2D eigenvalue weighted by atomic mass is 16.3. The summed E-state index contributed by atoms with van der Waals surface area (Å²) in [6.45, 7) is 5.08. The van der Waals surface area contributed by atoms with Gasteiger partial charge in [-0.05, 0) is 23.5 Å². The normalized spacial score (nSPS) is 14.7. The molecule has 25 heavy (non-hydrogen) atoms. The van der Waals surface area contributed by atoms with Crippen LogP contribution in [0.1, 0.15) is 30.7 Å². The van der Waals surface area contributed by atoms with Crippen molar-refractivity contribution in [2.24, 2.45) is 0 Å². The Balaban J connectivity index is 1.84. The first-order valence-electron chi connectivity index (χ1n) is 8.29. The van der Waals surface area contributed by atoms with Gasteiger partial charge in [-0.25, -0.2) is 15.0 Å². The third-order valence-electron chi connectivity index (χ3n) is 4.87. The maximum absolute atomic E-state index is 6.18. The molecule has 1 aromatic carbocycles. The molecule has 0 spiro atoms. The van der Waals surface area contributed by atoms with E-state index in [9.17, 15) is 0 Å². The van der Waals surface area contributed by atoms with E-state index in [0.29, 0.717) is 12.4 Å². The molecule has 0 saturated heterocycles. The van der Waals surface area contributed by atoms with E-state index in [4.69, 9.17) is 10.2 Å². The van der Waals surface area contributed by atoms with Gasteiger partial charge in [0.25, 0.3) is 0 Å². The van der Waals surface area contributed by atoms with Gasteiger partial charge in [0.05, 0.1) is 17.9 Å². The molecule has 2 aromatic heterocycles. The van der Waals surface area contributed by atoms with Gasteiger partial charge in [0.2, 0.25) is 0 Å². The number of rotatable bonds is 3. The third-order valence-corrected chi connectivity index (χ3v) is 4.87. The van der Waals surface area contributed by atoms with Crippen molar-refractivity contribution in [1.29, 1.82) is 0 Å². The van der Waals surface area contributed by atoms with E-state index in [1.165, 1.54) is 17.6 Å². The Kier molecular flexibility index (Phi) is 3.49. The number of nitrogen functional groups attached to an aromatic ring is 1. The summed E-state index contributed by atoms with van der Waals surface area (Å²) < 4.78 is 5.09. The Morgan fingerprint density at radius 2 is 2.08 bits per heavy atom. The second-order valence-electron chi connectivity index (χ2n) is 7.18. The molecule has 0 atom stereocenters. The quantitative estimate of drug-likeness (QED) is 0.792. The highest BCUT2D eigenvalue weighted by Crippen LogP contribution is 2.46. The maximum Gasteiger partial charge on any atom is 0.180 e. The molecule has 0 unspecified atom stereocenters. The lowest BCUT2D eigenvalue weighted by Crippen LogP contribution is -2.30. The lowest BCUT2D eigenvalue weighted by molar-refractivity contribution is 0.514. The highest BCUT2D eigenvalue weighted by molar-refractivity contribution is 5.80. The minimum atomic E-state index is -0.126. The smallest absolute Gasteiger partial charge is 0.180 e. The van der Waals surface area contributed by atoms with E-state index in [1.54, 1.807) is 12.6 Å². The second-order valence-corrected chi connectivity index (χ2v) is 7.18. The topological polar surface area (TPSA) is 81.1 Å². The predicted octanol–water partition coefficient (Wildman–Crippen LogP) is 3.18. The molecule has 0 radical (unpaired) electrons. The molecule has 2 heterocycles. The zero-order valence-electron chi connectivity index (χ0n) is 14.7. The number of fused-ring (bicyclic) bond motifs is 3. The van der Waals surface area contributed by atoms with E-state index in [1.807, 2.05) is 0 Å². The lowest BCUT2D eigenvalue weighted by Gasteiger charge is -2.36. The van der Waals surface area contributed by atoms with Crippen LogP contribution < -0.4 is 10.6 Å². The fourth-order valence-corrected chi connectivity index (χ4v) is 3.78. The van der Waals surface area contributed by atoms with Crippen LogP contribution in [0.5, 0.6) is 0 Å². The summed E-state index contributed by atoms with van der Waals surface area (Å²) in [7, 11) is 2.07. The molecule has 1 aliphatic carbocycles. The van der Waals surface area contributed by atoms with Crippen LogP contribution in [0.3, 0.4) is 0 Å². The Bertz CT molecular complexity index is 918. The summed E-state index contributed by atoms with van der Waals surface area (Å²) in [4.78, 5) is 15.2. The molecule has 0 saturated carbocycles. The van der Waals surface area contributed by atoms with E-state index in [0.717, 1.165) is 28.9 Å². The number of nitrogens with two attached hydrogens (primary N) is 1. The van der Waals surface area contributed by atoms with Crippen molar-refractivity contribution in [2.75, 3.05) is 17.7 Å². The number of benzene rings is 1. The van der Waals surface area contributed by atoms with Crippen molar-refractivity contribution in [3.8, 4) is 11.3 Å². The lowest BCUT2D eigenvalue weighted by atomic mass is 9.71. The molecule has 0 aliphatic heterocycles. The molecule has 4 rings (SSSR count). The summed E-state index contributed by atoms with van der Waals surface area (Å²) in [5.41, 5.74) is 12.5. The van der Waals surface area contributed by atoms with Gasteiger partial charge in [-0.3, -0.25) is 0 Å². The van der Waals surface area contributed by atoms with Crippen molar-refractivity contribution in [2.45, 2.75) is 32.2 Å². The van der Waals surface area contributed by atoms with Gasteiger partial charge in [-0.15, -0.1) is 0 Å². The van der Waals surface area contributed by atoms with Gasteiger partial charge >= 0.3 is 0 Å². The fraction of sp³-hybridized carbons (Fsp3) is 0.316. The maximum atomic E-state index is 6.18. The van der Waals surface area contributed by atoms with E-state index in [-0.39, 0.29) is 5.41 Å². The molecule has 0 amide bonds. The zero-order valence-corrected chi connectivity index (χ0v) is 14.7. The number of nitrogens with zero attached hydrogens (tertiary/aromatic N) is 4. The number of anilines is 2. The first-order chi connectivity index (χ1) is 12.0. The summed E-state index contributed by atoms with van der Waals surface area (Å²) in [5, 5.41) is 0. The van der Waals surface area contributed by atoms with Crippen LogP contribution in [-0.2, 0) is 18.4 Å². The Morgan fingerprint density at radius 3 is 2.84 bits per heavy atom. The monoisotopic (exact) mass is 335 g/mol. The fourth-order valence-electron chi connectivity index (χ4n) is 3.78. The van der Waals surface area contributed by atoms with Gasteiger partial charge in [-0.2, -0.15) is 0 Å². The van der Waals surface area contributed by atoms with Crippen molar-refractivity contribution in [3.05, 3.63) is 54.0 Å². The molecular formula is C19H21N5O. The van der Waals surface area contributed by atoms with Crippen LogP contribution >= 0.6 is 0 Å². The van der Waals surface area contributed by atoms with Crippen LogP contribution in [0.2, 0.25) is 0 Å². The largest absolute Gasteiger partial charge is 0.451 e. The van der Waals surface area contributed by atoms with Crippen LogP contribution in [-0.4, -0.2) is 22.0 Å². The Morgan fingerprint density at radius 1 is 1.24 bits per heavy atom. The number of hydrogen-bond acceptors (Lipinski definition) is 6. The average molecular weight is 335 g/mol. The highest BCUT2D eigenvalue weighted by Gasteiger charge is 2.35. The molecule has 2 N–H and O–H groups in total. The number of oxazole rings is 1. The molecule has 6 heteroatoms. The molecule has 3 aromatic rings.